The smallest absolute Gasteiger partial charge is 0.266 e. The fourth-order valence-electron chi connectivity index (χ4n) is 3.30. The average molecular weight is 450 g/mol. The lowest BCUT2D eigenvalue weighted by molar-refractivity contribution is -0.121. The molecule has 1 amide bonds. The molecule has 3 aromatic rings. The average Bonchev–Trinajstić information content (AvgIpc) is 3.33. The van der Waals surface area contributed by atoms with Crippen LogP contribution in [-0.2, 0) is 4.79 Å². The third-order valence-electron chi connectivity index (χ3n) is 4.82. The number of thiocarbonyl (C=S) groups is 1. The second-order valence-electron chi connectivity index (χ2n) is 7.02. The summed E-state index contributed by atoms with van der Waals surface area (Å²) >= 11 is 6.70. The van der Waals surface area contributed by atoms with Crippen LogP contribution in [0, 0.1) is 0 Å². The first-order valence-electron chi connectivity index (χ1n) is 10.2. The molecular weight excluding hydrogens is 426 g/mol. The molecule has 0 atom stereocenters. The lowest BCUT2D eigenvalue weighted by Crippen LogP contribution is -2.27. The zero-order valence-electron chi connectivity index (χ0n) is 17.4. The summed E-state index contributed by atoms with van der Waals surface area (Å²) in [5.41, 5.74) is 3.52. The van der Waals surface area contributed by atoms with Gasteiger partial charge in [-0.25, -0.2) is 4.68 Å². The Morgan fingerprint density at radius 3 is 2.65 bits per heavy atom. The Bertz CT molecular complexity index is 1140. The van der Waals surface area contributed by atoms with E-state index in [1.807, 2.05) is 78.5 Å². The van der Waals surface area contributed by atoms with Crippen LogP contribution in [-0.4, -0.2) is 38.1 Å². The van der Waals surface area contributed by atoms with E-state index in [1.54, 1.807) is 4.90 Å². The molecule has 7 heteroatoms. The molecule has 0 aliphatic carbocycles. The van der Waals surface area contributed by atoms with Crippen molar-refractivity contribution in [3.8, 4) is 22.7 Å². The van der Waals surface area contributed by atoms with Crippen molar-refractivity contribution in [1.82, 2.24) is 14.7 Å². The molecule has 4 rings (SSSR count). The maximum atomic E-state index is 12.8. The second kappa shape index (κ2) is 9.49. The number of aromatic nitrogens is 2. The predicted octanol–water partition coefficient (Wildman–Crippen LogP) is 5.55. The summed E-state index contributed by atoms with van der Waals surface area (Å²) in [6.45, 7) is 5.23. The van der Waals surface area contributed by atoms with Gasteiger partial charge in [0.25, 0.3) is 5.91 Å². The second-order valence-corrected chi connectivity index (χ2v) is 8.69. The van der Waals surface area contributed by atoms with Gasteiger partial charge in [-0.1, -0.05) is 61.2 Å². The number of ether oxygens (including phenoxy) is 1. The van der Waals surface area contributed by atoms with Gasteiger partial charge in [0.1, 0.15) is 15.8 Å². The number of hydrogen-bond acceptors (Lipinski definition) is 5. The fraction of sp³-hybridized carbons (Fsp3) is 0.208. The monoisotopic (exact) mass is 449 g/mol. The van der Waals surface area contributed by atoms with Gasteiger partial charge in [0.05, 0.1) is 17.2 Å². The van der Waals surface area contributed by atoms with E-state index in [2.05, 4.69) is 6.92 Å². The molecule has 0 spiro atoms. The molecule has 5 nitrogen and oxygen atoms in total. The molecule has 2 aromatic carbocycles. The van der Waals surface area contributed by atoms with Crippen LogP contribution in [0.2, 0.25) is 0 Å². The maximum Gasteiger partial charge on any atom is 0.266 e. The Morgan fingerprint density at radius 1 is 1.13 bits per heavy atom. The minimum atomic E-state index is -0.0593. The number of nitrogens with zero attached hydrogens (tertiary/aromatic N) is 3. The summed E-state index contributed by atoms with van der Waals surface area (Å²) in [4.78, 5) is 15.0. The van der Waals surface area contributed by atoms with E-state index in [9.17, 15) is 4.79 Å². The summed E-state index contributed by atoms with van der Waals surface area (Å²) in [6, 6.07) is 17.8. The first-order chi connectivity index (χ1) is 15.1. The Labute approximate surface area is 191 Å². The summed E-state index contributed by atoms with van der Waals surface area (Å²) in [5, 5.41) is 4.85. The lowest BCUT2D eigenvalue weighted by atomic mass is 10.1. The molecule has 1 aromatic heterocycles. The molecule has 2 heterocycles. The van der Waals surface area contributed by atoms with E-state index in [1.165, 1.54) is 11.8 Å². The van der Waals surface area contributed by atoms with Crippen LogP contribution in [0.1, 0.15) is 25.8 Å². The van der Waals surface area contributed by atoms with Crippen LogP contribution in [0.5, 0.6) is 5.75 Å². The van der Waals surface area contributed by atoms with Gasteiger partial charge in [0.2, 0.25) is 0 Å². The first-order valence-corrected chi connectivity index (χ1v) is 11.5. The highest BCUT2D eigenvalue weighted by Gasteiger charge is 2.31. The van der Waals surface area contributed by atoms with Crippen molar-refractivity contribution in [3.05, 3.63) is 71.3 Å². The zero-order valence-corrected chi connectivity index (χ0v) is 19.1. The van der Waals surface area contributed by atoms with Crippen molar-refractivity contribution in [2.45, 2.75) is 20.3 Å². The Balaban J connectivity index is 1.79. The minimum absolute atomic E-state index is 0.0593. The number of thioether (sulfide) groups is 1. The van der Waals surface area contributed by atoms with Gasteiger partial charge in [-0.15, -0.1) is 0 Å². The minimum Gasteiger partial charge on any atom is -0.494 e. The number of carbonyl (C=O) groups is 1. The summed E-state index contributed by atoms with van der Waals surface area (Å²) in [6.07, 6.45) is 4.77. The van der Waals surface area contributed by atoms with Crippen LogP contribution in [0.15, 0.2) is 65.7 Å². The largest absolute Gasteiger partial charge is 0.494 e. The molecular formula is C24H23N3O2S2. The van der Waals surface area contributed by atoms with Crippen LogP contribution < -0.4 is 4.74 Å². The van der Waals surface area contributed by atoms with Crippen molar-refractivity contribution in [1.29, 1.82) is 0 Å². The number of likely N-dealkylation sites (N-methyl/N-ethyl adjacent to an activating group) is 1. The lowest BCUT2D eigenvalue weighted by Gasteiger charge is -2.09. The van der Waals surface area contributed by atoms with Crippen molar-refractivity contribution >= 4 is 40.3 Å². The topological polar surface area (TPSA) is 47.4 Å². The molecule has 1 saturated heterocycles. The zero-order chi connectivity index (χ0) is 21.8. The number of carbonyl (C=O) groups excluding carboxylic acids is 1. The highest BCUT2D eigenvalue weighted by molar-refractivity contribution is 8.26. The van der Waals surface area contributed by atoms with Crippen molar-refractivity contribution in [2.75, 3.05) is 13.2 Å². The number of hydrogen-bond donors (Lipinski definition) is 0. The normalized spacial score (nSPS) is 15.2. The first kappa shape index (κ1) is 21.3. The van der Waals surface area contributed by atoms with Gasteiger partial charge in [-0.3, -0.25) is 9.69 Å². The quantitative estimate of drug-likeness (QED) is 0.350. The SMILES string of the molecule is CCCOc1cccc(-c2nn(-c3ccccc3)cc2/C=C2\SC(=S)N(CC)C2=O)c1. The maximum absolute atomic E-state index is 12.8. The van der Waals surface area contributed by atoms with Crippen molar-refractivity contribution in [3.63, 3.8) is 0 Å². The van der Waals surface area contributed by atoms with E-state index < -0.39 is 0 Å². The molecule has 1 aliphatic heterocycles. The molecule has 31 heavy (non-hydrogen) atoms. The van der Waals surface area contributed by atoms with Crippen LogP contribution in [0.3, 0.4) is 0 Å². The van der Waals surface area contributed by atoms with E-state index >= 15 is 0 Å². The van der Waals surface area contributed by atoms with Gasteiger partial charge in [0, 0.05) is 23.9 Å². The van der Waals surface area contributed by atoms with E-state index in [-0.39, 0.29) is 5.91 Å². The number of rotatable bonds is 7. The van der Waals surface area contributed by atoms with Crippen molar-refractivity contribution < 1.29 is 9.53 Å². The Kier molecular flexibility index (Phi) is 6.53. The van der Waals surface area contributed by atoms with Gasteiger partial charge >= 0.3 is 0 Å². The number of benzene rings is 2. The van der Waals surface area contributed by atoms with Crippen LogP contribution >= 0.6 is 24.0 Å². The van der Waals surface area contributed by atoms with Gasteiger partial charge in [-0.05, 0) is 43.7 Å². The van der Waals surface area contributed by atoms with Crippen LogP contribution in [0.4, 0.5) is 0 Å². The molecule has 1 fully saturated rings. The summed E-state index contributed by atoms with van der Waals surface area (Å²) in [5.74, 6) is 0.743. The molecule has 0 radical (unpaired) electrons. The number of para-hydroxylation sites is 1. The van der Waals surface area contributed by atoms with Crippen LogP contribution in [0.25, 0.3) is 23.0 Å². The Morgan fingerprint density at radius 2 is 1.94 bits per heavy atom. The third kappa shape index (κ3) is 4.57. The summed E-state index contributed by atoms with van der Waals surface area (Å²) < 4.78 is 8.23. The standard InChI is InChI=1S/C24H23N3O2S2/c1-3-13-29-20-12-8-9-17(14-20)22-18(15-21-23(28)26(4-2)24(30)31-21)16-27(25-22)19-10-6-5-7-11-19/h5-12,14-16H,3-4,13H2,1-2H3/b21-15-. The third-order valence-corrected chi connectivity index (χ3v) is 6.20. The predicted molar refractivity (Wildman–Crippen MR) is 130 cm³/mol. The number of amides is 1. The Hall–Kier alpha value is -2.90. The van der Waals surface area contributed by atoms with Gasteiger partial charge < -0.3 is 4.74 Å². The fourth-order valence-corrected chi connectivity index (χ4v) is 4.67. The molecule has 0 N–H and O–H groups in total. The molecule has 1 aliphatic rings. The molecule has 0 unspecified atom stereocenters. The molecule has 0 saturated carbocycles. The highest BCUT2D eigenvalue weighted by atomic mass is 32.2. The van der Waals surface area contributed by atoms with E-state index in [0.717, 1.165) is 34.7 Å². The molecule has 0 bridgehead atoms. The van der Waals surface area contributed by atoms with Crippen molar-refractivity contribution in [2.24, 2.45) is 0 Å². The summed E-state index contributed by atoms with van der Waals surface area (Å²) in [7, 11) is 0. The van der Waals surface area contributed by atoms with Gasteiger partial charge in [-0.2, -0.15) is 5.10 Å². The molecule has 158 valence electrons. The van der Waals surface area contributed by atoms with Gasteiger partial charge in [0.15, 0.2) is 0 Å². The van der Waals surface area contributed by atoms with E-state index in [0.29, 0.717) is 22.4 Å². The van der Waals surface area contributed by atoms with E-state index in [4.69, 9.17) is 22.1 Å². The highest BCUT2D eigenvalue weighted by Crippen LogP contribution is 2.35.